The van der Waals surface area contributed by atoms with Crippen LogP contribution in [0.4, 0.5) is 0 Å². The molecule has 0 bridgehead atoms. The molecular formula is C20H32O4. The number of carbonyl (C=O) groups is 1. The molecule has 0 aromatic carbocycles. The van der Waals surface area contributed by atoms with Crippen LogP contribution in [0.1, 0.15) is 59.3 Å². The van der Waals surface area contributed by atoms with E-state index in [4.69, 9.17) is 0 Å². The van der Waals surface area contributed by atoms with Crippen molar-refractivity contribution in [3.05, 3.63) is 11.6 Å². The molecule has 0 spiro atoms. The number of carbonyl (C=O) groups excluding carboxylic acids is 1. The maximum atomic E-state index is 12.5. The van der Waals surface area contributed by atoms with Crippen molar-refractivity contribution < 1.29 is 20.1 Å². The van der Waals surface area contributed by atoms with Gasteiger partial charge in [0.2, 0.25) is 0 Å². The van der Waals surface area contributed by atoms with Gasteiger partial charge in [-0.1, -0.05) is 32.4 Å². The van der Waals surface area contributed by atoms with Gasteiger partial charge in [0.05, 0.1) is 24.7 Å². The predicted octanol–water partition coefficient (Wildman–Crippen LogP) is 2.46. The van der Waals surface area contributed by atoms with Crippen LogP contribution in [0.15, 0.2) is 11.6 Å². The zero-order valence-electron chi connectivity index (χ0n) is 15.2. The van der Waals surface area contributed by atoms with E-state index < -0.39 is 11.5 Å². The van der Waals surface area contributed by atoms with Crippen molar-refractivity contribution in [3.63, 3.8) is 0 Å². The fourth-order valence-electron chi connectivity index (χ4n) is 5.99. The van der Waals surface area contributed by atoms with Gasteiger partial charge in [-0.05, 0) is 54.8 Å². The first-order valence-corrected chi connectivity index (χ1v) is 9.33. The van der Waals surface area contributed by atoms with Crippen molar-refractivity contribution in [2.75, 3.05) is 13.2 Å². The van der Waals surface area contributed by atoms with Crippen molar-refractivity contribution >= 4 is 5.78 Å². The highest BCUT2D eigenvalue weighted by molar-refractivity contribution is 5.86. The molecule has 4 nitrogen and oxygen atoms in total. The van der Waals surface area contributed by atoms with Crippen LogP contribution in [-0.4, -0.2) is 40.4 Å². The highest BCUT2D eigenvalue weighted by Gasteiger charge is 2.58. The molecule has 2 fully saturated rings. The number of rotatable bonds is 3. The van der Waals surface area contributed by atoms with Gasteiger partial charge < -0.3 is 15.3 Å². The molecule has 6 atom stereocenters. The molecule has 0 amide bonds. The number of Topliss-reactive ketones (excluding diaryl/α,β-unsaturated/α-hetero) is 1. The fourth-order valence-corrected chi connectivity index (χ4v) is 5.99. The van der Waals surface area contributed by atoms with E-state index in [1.807, 2.05) is 6.92 Å². The lowest BCUT2D eigenvalue weighted by Gasteiger charge is -2.59. The van der Waals surface area contributed by atoms with Crippen LogP contribution in [0.5, 0.6) is 0 Å². The second-order valence-electron chi connectivity index (χ2n) is 9.19. The average Bonchev–Trinajstić information content (AvgIpc) is 2.57. The van der Waals surface area contributed by atoms with E-state index in [0.29, 0.717) is 12.3 Å². The molecule has 0 saturated heterocycles. The molecule has 3 aliphatic carbocycles. The van der Waals surface area contributed by atoms with Crippen molar-refractivity contribution in [3.8, 4) is 0 Å². The number of fused-ring (bicyclic) bond motifs is 3. The summed E-state index contributed by atoms with van der Waals surface area (Å²) in [4.78, 5) is 12.5. The third kappa shape index (κ3) is 2.41. The predicted molar refractivity (Wildman–Crippen MR) is 92.3 cm³/mol. The maximum absolute atomic E-state index is 12.5. The summed E-state index contributed by atoms with van der Waals surface area (Å²) >= 11 is 0. The van der Waals surface area contributed by atoms with Gasteiger partial charge in [0.1, 0.15) is 5.78 Å². The smallest absolute Gasteiger partial charge is 0.141 e. The summed E-state index contributed by atoms with van der Waals surface area (Å²) in [5, 5.41) is 29.6. The molecule has 3 rings (SSSR count). The monoisotopic (exact) mass is 336 g/mol. The van der Waals surface area contributed by atoms with Gasteiger partial charge in [-0.2, -0.15) is 0 Å². The van der Waals surface area contributed by atoms with Crippen LogP contribution in [0.25, 0.3) is 0 Å². The summed E-state index contributed by atoms with van der Waals surface area (Å²) in [6.45, 7) is 6.06. The summed E-state index contributed by atoms with van der Waals surface area (Å²) in [6, 6.07) is 0. The van der Waals surface area contributed by atoms with Crippen LogP contribution in [0.3, 0.4) is 0 Å². The van der Waals surface area contributed by atoms with Crippen LogP contribution in [-0.2, 0) is 4.79 Å². The topological polar surface area (TPSA) is 77.8 Å². The number of allylic oxidation sites excluding steroid dienone is 2. The van der Waals surface area contributed by atoms with Crippen molar-refractivity contribution in [2.45, 2.75) is 65.4 Å². The Labute approximate surface area is 145 Å². The summed E-state index contributed by atoms with van der Waals surface area (Å²) in [7, 11) is 0. The molecule has 3 aliphatic rings. The molecule has 0 aromatic heterocycles. The Morgan fingerprint density at radius 2 is 1.96 bits per heavy atom. The third-order valence-corrected chi connectivity index (χ3v) is 7.87. The van der Waals surface area contributed by atoms with Gasteiger partial charge in [0.25, 0.3) is 0 Å². The Morgan fingerprint density at radius 3 is 2.58 bits per heavy atom. The Hall–Kier alpha value is -0.710. The third-order valence-electron chi connectivity index (χ3n) is 7.87. The fraction of sp³-hybridized carbons (Fsp3) is 0.850. The Kier molecular flexibility index (Phi) is 4.47. The molecule has 0 heterocycles. The zero-order chi connectivity index (χ0) is 17.8. The van der Waals surface area contributed by atoms with E-state index >= 15 is 0 Å². The Balaban J connectivity index is 1.93. The Morgan fingerprint density at radius 1 is 1.25 bits per heavy atom. The van der Waals surface area contributed by atoms with Crippen LogP contribution >= 0.6 is 0 Å². The molecule has 0 aliphatic heterocycles. The molecule has 4 heteroatoms. The van der Waals surface area contributed by atoms with Crippen molar-refractivity contribution in [1.82, 2.24) is 0 Å². The lowest BCUT2D eigenvalue weighted by molar-refractivity contribution is -0.151. The second-order valence-corrected chi connectivity index (χ2v) is 9.19. The SMILES string of the molecule is CC1(C(O)CO)CCC2C(=CCC3C(C)(CO)C(=O)CCC23C)C1. The molecule has 3 N–H and O–H groups in total. The lowest BCUT2D eigenvalue weighted by Crippen LogP contribution is -2.56. The van der Waals surface area contributed by atoms with E-state index in [-0.39, 0.29) is 35.7 Å². The summed E-state index contributed by atoms with van der Waals surface area (Å²) in [5.74, 6) is 0.826. The Bertz CT molecular complexity index is 556. The van der Waals surface area contributed by atoms with E-state index in [1.165, 1.54) is 5.57 Å². The van der Waals surface area contributed by atoms with Crippen molar-refractivity contribution in [1.29, 1.82) is 0 Å². The maximum Gasteiger partial charge on any atom is 0.141 e. The minimum absolute atomic E-state index is 0.0426. The van der Waals surface area contributed by atoms with Crippen molar-refractivity contribution in [2.24, 2.45) is 28.1 Å². The normalized spacial score (nSPS) is 46.8. The first-order valence-electron chi connectivity index (χ1n) is 9.33. The van der Waals surface area contributed by atoms with Crippen LogP contribution in [0, 0.1) is 28.1 Å². The van der Waals surface area contributed by atoms with E-state index in [0.717, 1.165) is 32.1 Å². The molecule has 24 heavy (non-hydrogen) atoms. The first kappa shape index (κ1) is 18.1. The number of hydrogen-bond acceptors (Lipinski definition) is 4. The average molecular weight is 336 g/mol. The van der Waals surface area contributed by atoms with Crippen LogP contribution < -0.4 is 0 Å². The van der Waals surface area contributed by atoms with Gasteiger partial charge in [-0.15, -0.1) is 0 Å². The standard InChI is InChI=1S/C20H32O4/c1-18(17(24)11-21)8-6-14-13(10-18)4-5-15-19(14,2)9-7-16(23)20(15,3)12-22/h4,14-15,17,21-22,24H,5-12H2,1-3H3. The number of hydrogen-bond donors (Lipinski definition) is 3. The van der Waals surface area contributed by atoms with Crippen LogP contribution in [0.2, 0.25) is 0 Å². The van der Waals surface area contributed by atoms with Gasteiger partial charge in [-0.25, -0.2) is 0 Å². The number of aliphatic hydroxyl groups is 3. The molecule has 2 saturated carbocycles. The molecule has 0 radical (unpaired) electrons. The quantitative estimate of drug-likeness (QED) is 0.692. The molecule has 6 unspecified atom stereocenters. The van der Waals surface area contributed by atoms with Gasteiger partial charge in [0, 0.05) is 6.42 Å². The van der Waals surface area contributed by atoms with E-state index in [1.54, 1.807) is 0 Å². The van der Waals surface area contributed by atoms with E-state index in [2.05, 4.69) is 19.9 Å². The second kappa shape index (κ2) is 5.93. The number of ketones is 1. The summed E-state index contributed by atoms with van der Waals surface area (Å²) < 4.78 is 0. The largest absolute Gasteiger partial charge is 0.395 e. The number of aliphatic hydroxyl groups excluding tert-OH is 3. The van der Waals surface area contributed by atoms with E-state index in [9.17, 15) is 20.1 Å². The lowest BCUT2D eigenvalue weighted by atomic mass is 9.45. The summed E-state index contributed by atoms with van der Waals surface area (Å²) in [5.41, 5.74) is 0.552. The minimum atomic E-state index is -0.680. The molecule has 136 valence electrons. The highest BCUT2D eigenvalue weighted by atomic mass is 16.3. The zero-order valence-corrected chi connectivity index (χ0v) is 15.2. The first-order chi connectivity index (χ1) is 11.2. The molecular weight excluding hydrogens is 304 g/mol. The molecule has 0 aromatic rings. The summed E-state index contributed by atoms with van der Waals surface area (Å²) in [6.07, 6.45) is 6.58. The van der Waals surface area contributed by atoms with Gasteiger partial charge in [0.15, 0.2) is 0 Å². The minimum Gasteiger partial charge on any atom is -0.395 e. The van der Waals surface area contributed by atoms with Gasteiger partial charge in [-0.3, -0.25) is 4.79 Å². The van der Waals surface area contributed by atoms with Gasteiger partial charge >= 0.3 is 0 Å². The highest BCUT2D eigenvalue weighted by Crippen LogP contribution is 2.62.